The number of amides is 1. The van der Waals surface area contributed by atoms with Crippen LogP contribution in [0.2, 0.25) is 0 Å². The molecule has 29 heavy (non-hydrogen) atoms. The van der Waals surface area contributed by atoms with E-state index < -0.39 is 0 Å². The largest absolute Gasteiger partial charge is 0.497 e. The van der Waals surface area contributed by atoms with Crippen LogP contribution in [-0.4, -0.2) is 47.4 Å². The van der Waals surface area contributed by atoms with E-state index in [1.165, 1.54) is 27.7 Å². The molecule has 0 aliphatic carbocycles. The number of likely N-dealkylation sites (tertiary alicyclic amines) is 1. The average molecular weight is 389 g/mol. The van der Waals surface area contributed by atoms with E-state index in [0.717, 1.165) is 38.1 Å². The fraction of sp³-hybridized carbons (Fsp3) is 0.375. The van der Waals surface area contributed by atoms with E-state index in [0.29, 0.717) is 19.1 Å². The van der Waals surface area contributed by atoms with E-state index in [-0.39, 0.29) is 5.91 Å². The minimum atomic E-state index is 0.237. The number of nitrogens with zero attached hydrogens (tertiary/aromatic N) is 2. The Morgan fingerprint density at radius 1 is 1.14 bits per heavy atom. The highest BCUT2D eigenvalue weighted by Crippen LogP contribution is 2.33. The van der Waals surface area contributed by atoms with Gasteiger partial charge in [0.05, 0.1) is 13.7 Å². The predicted molar refractivity (Wildman–Crippen MR) is 114 cm³/mol. The number of aromatic amines is 1. The Balaban J connectivity index is 1.29. The standard InChI is InChI=1S/C24H27N3O2/c1-29-18-10-8-17(9-11-18)23-7-4-13-26(23)16-24(28)27-14-12-22-20(15-27)19-5-2-3-6-21(19)25-22/h2-3,5-6,8-11,23,25H,4,7,12-16H2,1H3/t23-/m0/s1. The number of methoxy groups -OCH3 is 1. The fourth-order valence-electron chi connectivity index (χ4n) is 4.87. The number of carbonyl (C=O) groups is 1. The Morgan fingerprint density at radius 3 is 2.79 bits per heavy atom. The number of ether oxygens (including phenoxy) is 1. The van der Waals surface area contributed by atoms with Gasteiger partial charge in [0, 0.05) is 47.7 Å². The number of benzene rings is 2. The van der Waals surface area contributed by atoms with E-state index in [1.807, 2.05) is 17.0 Å². The maximum Gasteiger partial charge on any atom is 0.237 e. The number of H-pyrrole nitrogens is 1. The molecular formula is C24H27N3O2. The molecule has 150 valence electrons. The summed E-state index contributed by atoms with van der Waals surface area (Å²) in [5.41, 5.74) is 5.01. The van der Waals surface area contributed by atoms with Crippen LogP contribution < -0.4 is 4.74 Å². The average Bonchev–Trinajstić information content (AvgIpc) is 3.37. The number of aromatic nitrogens is 1. The zero-order chi connectivity index (χ0) is 19.8. The van der Waals surface area contributed by atoms with Gasteiger partial charge in [-0.25, -0.2) is 0 Å². The molecule has 2 aliphatic rings. The zero-order valence-corrected chi connectivity index (χ0v) is 16.9. The number of nitrogens with one attached hydrogen (secondary N) is 1. The summed E-state index contributed by atoms with van der Waals surface area (Å²) in [5, 5.41) is 1.25. The van der Waals surface area contributed by atoms with Gasteiger partial charge >= 0.3 is 0 Å². The Morgan fingerprint density at radius 2 is 1.97 bits per heavy atom. The highest BCUT2D eigenvalue weighted by atomic mass is 16.5. The lowest BCUT2D eigenvalue weighted by atomic mass is 10.0. The lowest BCUT2D eigenvalue weighted by Gasteiger charge is -2.31. The zero-order valence-electron chi connectivity index (χ0n) is 16.9. The highest BCUT2D eigenvalue weighted by molar-refractivity contribution is 5.86. The first-order valence-corrected chi connectivity index (χ1v) is 10.5. The summed E-state index contributed by atoms with van der Waals surface area (Å²) >= 11 is 0. The second kappa shape index (κ2) is 7.56. The first kappa shape index (κ1) is 18.3. The molecule has 0 saturated carbocycles. The number of para-hydroxylation sites is 1. The molecule has 1 saturated heterocycles. The summed E-state index contributed by atoms with van der Waals surface area (Å²) in [6.45, 7) is 2.97. The predicted octanol–water partition coefficient (Wildman–Crippen LogP) is 3.90. The molecule has 5 heteroatoms. The molecule has 0 radical (unpaired) electrons. The molecule has 1 atom stereocenters. The van der Waals surface area contributed by atoms with Crippen LogP contribution in [0.25, 0.3) is 10.9 Å². The lowest BCUT2D eigenvalue weighted by molar-refractivity contribution is -0.133. The molecule has 2 aliphatic heterocycles. The molecule has 1 fully saturated rings. The third-order valence-corrected chi connectivity index (χ3v) is 6.44. The van der Waals surface area contributed by atoms with Crippen LogP contribution in [-0.2, 0) is 17.8 Å². The molecule has 0 bridgehead atoms. The summed E-state index contributed by atoms with van der Waals surface area (Å²) in [6, 6.07) is 17.0. The number of fused-ring (bicyclic) bond motifs is 3. The van der Waals surface area contributed by atoms with Crippen molar-refractivity contribution in [2.24, 2.45) is 0 Å². The van der Waals surface area contributed by atoms with Crippen molar-refractivity contribution in [2.45, 2.75) is 31.8 Å². The summed E-state index contributed by atoms with van der Waals surface area (Å²) in [5.74, 6) is 1.11. The second-order valence-corrected chi connectivity index (χ2v) is 8.09. The monoisotopic (exact) mass is 389 g/mol. The van der Waals surface area contributed by atoms with Crippen molar-refractivity contribution in [3.05, 3.63) is 65.4 Å². The molecule has 1 N–H and O–H groups in total. The molecule has 3 heterocycles. The van der Waals surface area contributed by atoms with E-state index in [9.17, 15) is 4.79 Å². The van der Waals surface area contributed by atoms with Crippen LogP contribution in [0.1, 0.15) is 35.7 Å². The van der Waals surface area contributed by atoms with Crippen LogP contribution in [0.4, 0.5) is 0 Å². The van der Waals surface area contributed by atoms with Gasteiger partial charge in [-0.05, 0) is 43.1 Å². The van der Waals surface area contributed by atoms with Gasteiger partial charge in [-0.2, -0.15) is 0 Å². The van der Waals surface area contributed by atoms with Gasteiger partial charge < -0.3 is 14.6 Å². The minimum absolute atomic E-state index is 0.237. The van der Waals surface area contributed by atoms with Crippen LogP contribution in [0, 0.1) is 0 Å². The number of carbonyl (C=O) groups excluding carboxylic acids is 1. The van der Waals surface area contributed by atoms with Crippen molar-refractivity contribution in [1.29, 1.82) is 0 Å². The van der Waals surface area contributed by atoms with Gasteiger partial charge in [0.25, 0.3) is 0 Å². The van der Waals surface area contributed by atoms with Gasteiger partial charge in [-0.15, -0.1) is 0 Å². The molecule has 5 nitrogen and oxygen atoms in total. The van der Waals surface area contributed by atoms with Crippen LogP contribution >= 0.6 is 0 Å². The maximum absolute atomic E-state index is 13.2. The molecule has 1 aromatic heterocycles. The Bertz CT molecular complexity index is 1020. The third kappa shape index (κ3) is 3.40. The molecule has 5 rings (SSSR count). The van der Waals surface area contributed by atoms with E-state index in [4.69, 9.17) is 4.74 Å². The Hall–Kier alpha value is -2.79. The SMILES string of the molecule is COc1ccc([C@@H]2CCCN2CC(=O)N2CCc3[nH]c4ccccc4c3C2)cc1. The van der Waals surface area contributed by atoms with E-state index in [2.05, 4.69) is 46.3 Å². The minimum Gasteiger partial charge on any atom is -0.497 e. The summed E-state index contributed by atoms with van der Waals surface area (Å²) in [6.07, 6.45) is 3.14. The van der Waals surface area contributed by atoms with Crippen LogP contribution in [0.5, 0.6) is 5.75 Å². The lowest BCUT2D eigenvalue weighted by Crippen LogP contribution is -2.42. The molecule has 0 unspecified atom stereocenters. The van der Waals surface area contributed by atoms with Crippen LogP contribution in [0.15, 0.2) is 48.5 Å². The van der Waals surface area contributed by atoms with Crippen molar-refractivity contribution in [3.8, 4) is 5.75 Å². The molecule has 1 amide bonds. The smallest absolute Gasteiger partial charge is 0.237 e. The summed E-state index contributed by atoms with van der Waals surface area (Å²) < 4.78 is 5.28. The van der Waals surface area contributed by atoms with Gasteiger partial charge in [-0.1, -0.05) is 30.3 Å². The van der Waals surface area contributed by atoms with Gasteiger partial charge in [0.15, 0.2) is 0 Å². The fourth-order valence-corrected chi connectivity index (χ4v) is 4.87. The van der Waals surface area contributed by atoms with Crippen molar-refractivity contribution in [3.63, 3.8) is 0 Å². The van der Waals surface area contributed by atoms with E-state index >= 15 is 0 Å². The van der Waals surface area contributed by atoms with E-state index in [1.54, 1.807) is 7.11 Å². The first-order valence-electron chi connectivity index (χ1n) is 10.5. The van der Waals surface area contributed by atoms with Crippen molar-refractivity contribution in [1.82, 2.24) is 14.8 Å². The molecular weight excluding hydrogens is 362 g/mol. The van der Waals surface area contributed by atoms with Crippen molar-refractivity contribution < 1.29 is 9.53 Å². The molecule has 2 aromatic carbocycles. The summed E-state index contributed by atoms with van der Waals surface area (Å²) in [4.78, 5) is 21.1. The Labute approximate surface area is 171 Å². The summed E-state index contributed by atoms with van der Waals surface area (Å²) in [7, 11) is 1.69. The number of hydrogen-bond donors (Lipinski definition) is 1. The topological polar surface area (TPSA) is 48.6 Å². The first-order chi connectivity index (χ1) is 14.2. The number of hydrogen-bond acceptors (Lipinski definition) is 3. The maximum atomic E-state index is 13.2. The van der Waals surface area contributed by atoms with Crippen LogP contribution in [0.3, 0.4) is 0 Å². The van der Waals surface area contributed by atoms with Gasteiger partial charge in [-0.3, -0.25) is 9.69 Å². The van der Waals surface area contributed by atoms with Crippen molar-refractivity contribution in [2.75, 3.05) is 26.7 Å². The Kier molecular flexibility index (Phi) is 4.76. The highest BCUT2D eigenvalue weighted by Gasteiger charge is 2.30. The quantitative estimate of drug-likeness (QED) is 0.736. The van der Waals surface area contributed by atoms with Gasteiger partial charge in [0.2, 0.25) is 5.91 Å². The van der Waals surface area contributed by atoms with Gasteiger partial charge in [0.1, 0.15) is 5.75 Å². The normalized spacial score (nSPS) is 19.5. The molecule has 0 spiro atoms. The molecule has 3 aromatic rings. The second-order valence-electron chi connectivity index (χ2n) is 8.09. The number of rotatable bonds is 4. The third-order valence-electron chi connectivity index (χ3n) is 6.44. The van der Waals surface area contributed by atoms with Crippen molar-refractivity contribution >= 4 is 16.8 Å².